The van der Waals surface area contributed by atoms with Crippen LogP contribution >= 0.6 is 0 Å². The van der Waals surface area contributed by atoms with Crippen molar-refractivity contribution in [3.8, 4) is 16.9 Å². The highest BCUT2D eigenvalue weighted by molar-refractivity contribution is 5.88. The minimum absolute atomic E-state index is 0.00366. The standard InChI is InChI=1S/C22H21FN2O/c1-2-16-12-18(26-14-15-6-4-3-5-7-15)9-11-19(16)20-10-8-17(13-24)22(25)21(20)23/h3-13,24H,2,14,25H2,1H3. The van der Waals surface area contributed by atoms with E-state index in [1.54, 1.807) is 12.1 Å². The molecule has 0 fully saturated rings. The molecule has 0 heterocycles. The fraction of sp³-hybridized carbons (Fsp3) is 0.136. The molecular weight excluding hydrogens is 327 g/mol. The lowest BCUT2D eigenvalue weighted by Crippen LogP contribution is -2.01. The van der Waals surface area contributed by atoms with E-state index in [4.69, 9.17) is 15.9 Å². The lowest BCUT2D eigenvalue weighted by Gasteiger charge is -2.14. The number of hydrogen-bond donors (Lipinski definition) is 2. The number of halogens is 1. The van der Waals surface area contributed by atoms with Gasteiger partial charge in [-0.25, -0.2) is 4.39 Å². The van der Waals surface area contributed by atoms with Gasteiger partial charge >= 0.3 is 0 Å². The van der Waals surface area contributed by atoms with Crippen LogP contribution in [0.2, 0.25) is 0 Å². The van der Waals surface area contributed by atoms with E-state index in [1.807, 2.05) is 55.5 Å². The molecule has 3 N–H and O–H groups in total. The number of benzene rings is 3. The number of nitrogens with two attached hydrogens (primary N) is 1. The number of ether oxygens (including phenoxy) is 1. The molecule has 3 aromatic carbocycles. The molecule has 0 spiro atoms. The van der Waals surface area contributed by atoms with E-state index in [1.165, 1.54) is 0 Å². The number of nitrogen functional groups attached to an aromatic ring is 1. The summed E-state index contributed by atoms with van der Waals surface area (Å²) >= 11 is 0. The van der Waals surface area contributed by atoms with E-state index in [0.717, 1.165) is 35.1 Å². The van der Waals surface area contributed by atoms with Gasteiger partial charge in [0.15, 0.2) is 5.82 Å². The lowest BCUT2D eigenvalue weighted by atomic mass is 9.95. The van der Waals surface area contributed by atoms with Gasteiger partial charge in [-0.15, -0.1) is 0 Å². The average molecular weight is 348 g/mol. The number of hydrogen-bond acceptors (Lipinski definition) is 3. The van der Waals surface area contributed by atoms with Crippen molar-refractivity contribution in [1.29, 1.82) is 5.41 Å². The van der Waals surface area contributed by atoms with Crippen molar-refractivity contribution in [2.24, 2.45) is 0 Å². The second kappa shape index (κ2) is 7.83. The maximum atomic E-state index is 14.7. The first-order chi connectivity index (χ1) is 12.6. The van der Waals surface area contributed by atoms with Crippen molar-refractivity contribution in [2.45, 2.75) is 20.0 Å². The fourth-order valence-electron chi connectivity index (χ4n) is 2.90. The Morgan fingerprint density at radius 2 is 1.77 bits per heavy atom. The van der Waals surface area contributed by atoms with Crippen LogP contribution < -0.4 is 10.5 Å². The Labute approximate surface area is 152 Å². The predicted molar refractivity (Wildman–Crippen MR) is 104 cm³/mol. The Hall–Kier alpha value is -3.14. The van der Waals surface area contributed by atoms with Gasteiger partial charge in [-0.05, 0) is 35.2 Å². The highest BCUT2D eigenvalue weighted by Gasteiger charge is 2.14. The summed E-state index contributed by atoms with van der Waals surface area (Å²) in [4.78, 5) is 0. The third kappa shape index (κ3) is 3.59. The van der Waals surface area contributed by atoms with E-state index in [9.17, 15) is 4.39 Å². The zero-order chi connectivity index (χ0) is 18.5. The van der Waals surface area contributed by atoms with Gasteiger partial charge < -0.3 is 15.9 Å². The monoisotopic (exact) mass is 348 g/mol. The van der Waals surface area contributed by atoms with Gasteiger partial charge in [0.2, 0.25) is 0 Å². The fourth-order valence-corrected chi connectivity index (χ4v) is 2.90. The van der Waals surface area contributed by atoms with Crippen molar-refractivity contribution in [2.75, 3.05) is 5.73 Å². The Balaban J connectivity index is 1.90. The van der Waals surface area contributed by atoms with Gasteiger partial charge in [0, 0.05) is 17.3 Å². The van der Waals surface area contributed by atoms with Crippen molar-refractivity contribution in [1.82, 2.24) is 0 Å². The first kappa shape index (κ1) is 17.7. The molecular formula is C22H21FN2O. The Kier molecular flexibility index (Phi) is 5.32. The molecule has 0 amide bonds. The molecule has 0 unspecified atom stereocenters. The molecule has 4 heteroatoms. The summed E-state index contributed by atoms with van der Waals surface area (Å²) < 4.78 is 20.5. The van der Waals surface area contributed by atoms with Gasteiger partial charge in [0.05, 0.1) is 5.69 Å². The topological polar surface area (TPSA) is 59.1 Å². The molecule has 3 rings (SSSR count). The van der Waals surface area contributed by atoms with Crippen molar-refractivity contribution in [3.63, 3.8) is 0 Å². The SMILES string of the molecule is CCc1cc(OCc2ccccc2)ccc1-c1ccc(C=N)c(N)c1F. The Bertz CT molecular complexity index is 923. The van der Waals surface area contributed by atoms with Crippen molar-refractivity contribution < 1.29 is 9.13 Å². The van der Waals surface area contributed by atoms with E-state index >= 15 is 0 Å². The number of nitrogens with one attached hydrogen (secondary N) is 1. The second-order valence-corrected chi connectivity index (χ2v) is 6.02. The van der Waals surface area contributed by atoms with Crippen LogP contribution in [0.15, 0.2) is 60.7 Å². The van der Waals surface area contributed by atoms with Crippen LogP contribution in [0.1, 0.15) is 23.6 Å². The molecule has 132 valence electrons. The summed E-state index contributed by atoms with van der Waals surface area (Å²) in [7, 11) is 0. The number of anilines is 1. The third-order valence-electron chi connectivity index (χ3n) is 4.37. The third-order valence-corrected chi connectivity index (χ3v) is 4.37. The second-order valence-electron chi connectivity index (χ2n) is 6.02. The minimum atomic E-state index is -0.487. The molecule has 0 aromatic heterocycles. The van der Waals surface area contributed by atoms with Gasteiger partial charge in [-0.2, -0.15) is 0 Å². The van der Waals surface area contributed by atoms with Crippen LogP contribution in [0, 0.1) is 11.2 Å². The smallest absolute Gasteiger partial charge is 0.154 e. The summed E-state index contributed by atoms with van der Waals surface area (Å²) in [6.45, 7) is 2.51. The number of aryl methyl sites for hydroxylation is 1. The first-order valence-electron chi connectivity index (χ1n) is 8.52. The summed E-state index contributed by atoms with van der Waals surface area (Å²) in [5.74, 6) is 0.262. The molecule has 0 bridgehead atoms. The first-order valence-corrected chi connectivity index (χ1v) is 8.52. The molecule has 0 saturated carbocycles. The molecule has 0 saturated heterocycles. The van der Waals surface area contributed by atoms with Gasteiger partial charge in [-0.1, -0.05) is 55.5 Å². The molecule has 0 aliphatic rings. The van der Waals surface area contributed by atoms with E-state index < -0.39 is 5.82 Å². The van der Waals surface area contributed by atoms with E-state index in [2.05, 4.69) is 0 Å². The molecule has 3 nitrogen and oxygen atoms in total. The minimum Gasteiger partial charge on any atom is -0.489 e. The normalized spacial score (nSPS) is 10.5. The molecule has 0 atom stereocenters. The van der Waals surface area contributed by atoms with Crippen molar-refractivity contribution in [3.05, 3.63) is 83.2 Å². The van der Waals surface area contributed by atoms with Crippen LogP contribution in [0.4, 0.5) is 10.1 Å². The van der Waals surface area contributed by atoms with Crippen LogP contribution in [-0.2, 0) is 13.0 Å². The number of rotatable bonds is 6. The molecule has 0 aliphatic carbocycles. The Morgan fingerprint density at radius 3 is 2.46 bits per heavy atom. The molecule has 26 heavy (non-hydrogen) atoms. The summed E-state index contributed by atoms with van der Waals surface area (Å²) in [5, 5.41) is 7.29. The van der Waals surface area contributed by atoms with E-state index in [-0.39, 0.29) is 5.69 Å². The quantitative estimate of drug-likeness (QED) is 0.474. The zero-order valence-corrected chi connectivity index (χ0v) is 14.6. The predicted octanol–water partition coefficient (Wildman–Crippen LogP) is 5.21. The molecule has 0 radical (unpaired) electrons. The summed E-state index contributed by atoms with van der Waals surface area (Å²) in [5.41, 5.74) is 9.51. The van der Waals surface area contributed by atoms with Gasteiger partial charge in [0.25, 0.3) is 0 Å². The molecule has 3 aromatic rings. The highest BCUT2D eigenvalue weighted by Crippen LogP contribution is 2.33. The largest absolute Gasteiger partial charge is 0.489 e. The maximum Gasteiger partial charge on any atom is 0.154 e. The molecule has 0 aliphatic heterocycles. The maximum absolute atomic E-state index is 14.7. The summed E-state index contributed by atoms with van der Waals surface area (Å²) in [6, 6.07) is 18.9. The van der Waals surface area contributed by atoms with Gasteiger partial charge in [-0.3, -0.25) is 0 Å². The highest BCUT2D eigenvalue weighted by atomic mass is 19.1. The summed E-state index contributed by atoms with van der Waals surface area (Å²) in [6.07, 6.45) is 1.80. The Morgan fingerprint density at radius 1 is 1.04 bits per heavy atom. The van der Waals surface area contributed by atoms with Crippen LogP contribution in [-0.4, -0.2) is 6.21 Å². The van der Waals surface area contributed by atoms with Gasteiger partial charge in [0.1, 0.15) is 12.4 Å². The average Bonchev–Trinajstić information content (AvgIpc) is 2.69. The lowest BCUT2D eigenvalue weighted by molar-refractivity contribution is 0.306. The zero-order valence-electron chi connectivity index (χ0n) is 14.6. The van der Waals surface area contributed by atoms with E-state index in [0.29, 0.717) is 17.7 Å². The van der Waals surface area contributed by atoms with Crippen LogP contribution in [0.3, 0.4) is 0 Å². The van der Waals surface area contributed by atoms with Crippen molar-refractivity contribution >= 4 is 11.9 Å². The van der Waals surface area contributed by atoms with Crippen LogP contribution in [0.25, 0.3) is 11.1 Å². The van der Waals surface area contributed by atoms with Crippen LogP contribution in [0.5, 0.6) is 5.75 Å².